The predicted molar refractivity (Wildman–Crippen MR) is 71.7 cm³/mol. The number of aliphatic imine (C=N–C) groups is 1. The Morgan fingerprint density at radius 1 is 1.25 bits per heavy atom. The molecule has 0 aromatic rings. The van der Waals surface area contributed by atoms with Gasteiger partial charge in [-0.25, -0.2) is 0 Å². The maximum absolute atomic E-state index is 6.09. The molecule has 1 saturated carbocycles. The molecule has 0 saturated heterocycles. The second-order valence-electron chi connectivity index (χ2n) is 6.37. The van der Waals surface area contributed by atoms with Gasteiger partial charge in [0.15, 0.2) is 0 Å². The van der Waals surface area contributed by atoms with Crippen LogP contribution in [0.3, 0.4) is 0 Å². The Kier molecular flexibility index (Phi) is 4.82. The molecule has 0 aliphatic heterocycles. The highest BCUT2D eigenvalue weighted by Crippen LogP contribution is 2.27. The van der Waals surface area contributed by atoms with Gasteiger partial charge in [0.2, 0.25) is 0 Å². The van der Waals surface area contributed by atoms with Gasteiger partial charge in [0.1, 0.15) is 0 Å². The number of hydrogen-bond donors (Lipinski definition) is 1. The molecule has 2 heteroatoms. The molecule has 0 aromatic heterocycles. The van der Waals surface area contributed by atoms with E-state index in [4.69, 9.17) is 5.73 Å². The second-order valence-corrected chi connectivity index (χ2v) is 6.37. The molecule has 1 aliphatic carbocycles. The predicted octanol–water partition coefficient (Wildman–Crippen LogP) is 3.61. The lowest BCUT2D eigenvalue weighted by Gasteiger charge is -2.26. The van der Waals surface area contributed by atoms with Gasteiger partial charge in [-0.15, -0.1) is 0 Å². The SMILES string of the molecule is CC(CN=C(N)C1CCCCC1)C(C)(C)C. The average molecular weight is 224 g/mol. The smallest absolute Gasteiger partial charge is 0.0968 e. The molecule has 16 heavy (non-hydrogen) atoms. The Balaban J connectivity index is 2.43. The molecule has 0 bridgehead atoms. The van der Waals surface area contributed by atoms with E-state index in [1.807, 2.05) is 0 Å². The zero-order valence-corrected chi connectivity index (χ0v) is 11.4. The number of nitrogens with zero attached hydrogens (tertiary/aromatic N) is 1. The van der Waals surface area contributed by atoms with Gasteiger partial charge in [0, 0.05) is 12.5 Å². The Morgan fingerprint density at radius 2 is 1.81 bits per heavy atom. The lowest BCUT2D eigenvalue weighted by Crippen LogP contribution is -2.28. The van der Waals surface area contributed by atoms with Gasteiger partial charge in [0.05, 0.1) is 5.84 Å². The summed E-state index contributed by atoms with van der Waals surface area (Å²) in [5, 5.41) is 0. The van der Waals surface area contributed by atoms with Crippen molar-refractivity contribution < 1.29 is 0 Å². The summed E-state index contributed by atoms with van der Waals surface area (Å²) in [7, 11) is 0. The van der Waals surface area contributed by atoms with E-state index in [1.54, 1.807) is 0 Å². The van der Waals surface area contributed by atoms with E-state index in [1.165, 1.54) is 32.1 Å². The minimum atomic E-state index is 0.330. The van der Waals surface area contributed by atoms with Crippen LogP contribution in [0.4, 0.5) is 0 Å². The first kappa shape index (κ1) is 13.5. The van der Waals surface area contributed by atoms with Crippen LogP contribution in [0, 0.1) is 17.3 Å². The van der Waals surface area contributed by atoms with E-state index >= 15 is 0 Å². The summed E-state index contributed by atoms with van der Waals surface area (Å²) >= 11 is 0. The standard InChI is InChI=1S/C14H28N2/c1-11(14(2,3)4)10-16-13(15)12-8-6-5-7-9-12/h11-12H,5-10H2,1-4H3,(H2,15,16). The van der Waals surface area contributed by atoms with Gasteiger partial charge < -0.3 is 5.73 Å². The summed E-state index contributed by atoms with van der Waals surface area (Å²) in [6.07, 6.45) is 6.53. The van der Waals surface area contributed by atoms with Gasteiger partial charge in [0.25, 0.3) is 0 Å². The summed E-state index contributed by atoms with van der Waals surface area (Å²) in [5.74, 6) is 2.08. The van der Waals surface area contributed by atoms with Crippen molar-refractivity contribution in [2.24, 2.45) is 28.0 Å². The molecular weight excluding hydrogens is 196 g/mol. The molecular formula is C14H28N2. The Hall–Kier alpha value is -0.530. The molecule has 0 aromatic carbocycles. The summed E-state index contributed by atoms with van der Waals surface area (Å²) < 4.78 is 0. The van der Waals surface area contributed by atoms with Crippen molar-refractivity contribution in [2.75, 3.05) is 6.54 Å². The van der Waals surface area contributed by atoms with Crippen molar-refractivity contribution in [3.05, 3.63) is 0 Å². The third-order valence-corrected chi connectivity index (χ3v) is 4.05. The minimum absolute atomic E-state index is 0.330. The maximum Gasteiger partial charge on any atom is 0.0968 e. The van der Waals surface area contributed by atoms with Gasteiger partial charge >= 0.3 is 0 Å². The largest absolute Gasteiger partial charge is 0.387 e. The fourth-order valence-electron chi connectivity index (χ4n) is 2.04. The molecule has 94 valence electrons. The molecule has 2 N–H and O–H groups in total. The molecule has 0 amide bonds. The highest BCUT2D eigenvalue weighted by atomic mass is 14.9. The molecule has 1 fully saturated rings. The van der Waals surface area contributed by atoms with Crippen molar-refractivity contribution in [3.63, 3.8) is 0 Å². The number of amidine groups is 1. The van der Waals surface area contributed by atoms with Crippen LogP contribution in [0.1, 0.15) is 59.8 Å². The Morgan fingerprint density at radius 3 is 2.31 bits per heavy atom. The summed E-state index contributed by atoms with van der Waals surface area (Å²) in [6.45, 7) is 9.95. The summed E-state index contributed by atoms with van der Waals surface area (Å²) in [6, 6.07) is 0. The monoisotopic (exact) mass is 224 g/mol. The summed E-state index contributed by atoms with van der Waals surface area (Å²) in [4.78, 5) is 4.61. The van der Waals surface area contributed by atoms with E-state index < -0.39 is 0 Å². The van der Waals surface area contributed by atoms with E-state index in [-0.39, 0.29) is 0 Å². The fraction of sp³-hybridized carbons (Fsp3) is 0.929. The van der Waals surface area contributed by atoms with E-state index in [2.05, 4.69) is 32.7 Å². The van der Waals surface area contributed by atoms with E-state index in [9.17, 15) is 0 Å². The third-order valence-electron chi connectivity index (χ3n) is 4.05. The molecule has 1 rings (SSSR count). The lowest BCUT2D eigenvalue weighted by atomic mass is 9.82. The van der Waals surface area contributed by atoms with Gasteiger partial charge in [-0.05, 0) is 24.2 Å². The number of nitrogens with two attached hydrogens (primary N) is 1. The molecule has 1 aliphatic rings. The zero-order chi connectivity index (χ0) is 12.2. The first-order valence-electron chi connectivity index (χ1n) is 6.71. The van der Waals surface area contributed by atoms with Crippen LogP contribution in [0.2, 0.25) is 0 Å². The zero-order valence-electron chi connectivity index (χ0n) is 11.4. The average Bonchev–Trinajstić information content (AvgIpc) is 2.25. The van der Waals surface area contributed by atoms with Crippen LogP contribution in [0.15, 0.2) is 4.99 Å². The van der Waals surface area contributed by atoms with Crippen molar-refractivity contribution >= 4 is 5.84 Å². The lowest BCUT2D eigenvalue weighted by molar-refractivity contribution is 0.269. The second kappa shape index (κ2) is 5.70. The normalized spacial score (nSPS) is 22.1. The van der Waals surface area contributed by atoms with E-state index in [0.717, 1.165) is 12.4 Å². The molecule has 1 unspecified atom stereocenters. The maximum atomic E-state index is 6.09. The van der Waals surface area contributed by atoms with E-state index in [0.29, 0.717) is 17.3 Å². The van der Waals surface area contributed by atoms with Crippen molar-refractivity contribution in [3.8, 4) is 0 Å². The van der Waals surface area contributed by atoms with Crippen LogP contribution in [0.5, 0.6) is 0 Å². The fourth-order valence-corrected chi connectivity index (χ4v) is 2.04. The van der Waals surface area contributed by atoms with Crippen LogP contribution in [-0.4, -0.2) is 12.4 Å². The van der Waals surface area contributed by atoms with Crippen LogP contribution in [-0.2, 0) is 0 Å². The first-order chi connectivity index (χ1) is 7.41. The number of hydrogen-bond acceptors (Lipinski definition) is 1. The highest BCUT2D eigenvalue weighted by molar-refractivity contribution is 5.82. The Labute approximate surface area is 101 Å². The molecule has 1 atom stereocenters. The molecule has 0 spiro atoms. The molecule has 0 heterocycles. The quantitative estimate of drug-likeness (QED) is 0.577. The molecule has 2 nitrogen and oxygen atoms in total. The van der Waals surface area contributed by atoms with Crippen LogP contribution >= 0.6 is 0 Å². The van der Waals surface area contributed by atoms with Crippen molar-refractivity contribution in [2.45, 2.75) is 59.8 Å². The minimum Gasteiger partial charge on any atom is -0.387 e. The number of rotatable bonds is 3. The van der Waals surface area contributed by atoms with Gasteiger partial charge in [-0.1, -0.05) is 47.0 Å². The van der Waals surface area contributed by atoms with Gasteiger partial charge in [-0.3, -0.25) is 4.99 Å². The van der Waals surface area contributed by atoms with Crippen molar-refractivity contribution in [1.82, 2.24) is 0 Å². The van der Waals surface area contributed by atoms with Crippen molar-refractivity contribution in [1.29, 1.82) is 0 Å². The molecule has 0 radical (unpaired) electrons. The van der Waals surface area contributed by atoms with Crippen LogP contribution in [0.25, 0.3) is 0 Å². The Bertz CT molecular complexity index is 232. The van der Waals surface area contributed by atoms with Gasteiger partial charge in [-0.2, -0.15) is 0 Å². The third kappa shape index (κ3) is 4.15. The first-order valence-corrected chi connectivity index (χ1v) is 6.71. The van der Waals surface area contributed by atoms with Crippen LogP contribution < -0.4 is 5.73 Å². The summed E-state index contributed by atoms with van der Waals surface area (Å²) in [5.41, 5.74) is 6.42. The highest BCUT2D eigenvalue weighted by Gasteiger charge is 2.21. The topological polar surface area (TPSA) is 38.4 Å².